The first kappa shape index (κ1) is 17.1. The molecule has 0 fully saturated rings. The first-order valence-corrected chi connectivity index (χ1v) is 6.61. The zero-order valence-corrected chi connectivity index (χ0v) is 12.5. The molecule has 0 amide bonds. The van der Waals surface area contributed by atoms with E-state index >= 15 is 0 Å². The summed E-state index contributed by atoms with van der Waals surface area (Å²) in [6, 6.07) is 3.21. The number of nitro groups is 1. The number of halogens is 2. The Morgan fingerprint density at radius 1 is 1.33 bits per heavy atom. The van der Waals surface area contributed by atoms with Gasteiger partial charge in [0.2, 0.25) is 5.70 Å². The van der Waals surface area contributed by atoms with Crippen molar-refractivity contribution in [3.8, 4) is 5.75 Å². The molecule has 116 valence electrons. The molecule has 0 heterocycles. The van der Waals surface area contributed by atoms with Gasteiger partial charge in [0.15, 0.2) is 0 Å². The Kier molecular flexibility index (Phi) is 5.81. The summed E-state index contributed by atoms with van der Waals surface area (Å²) < 4.78 is 29.1. The minimum absolute atomic E-state index is 0.103. The maximum Gasteiger partial charge on any atom is 0.387 e. The van der Waals surface area contributed by atoms with Crippen molar-refractivity contribution in [2.75, 3.05) is 0 Å². The molecule has 0 radical (unpaired) electrons. The van der Waals surface area contributed by atoms with Crippen molar-refractivity contribution in [1.29, 1.82) is 0 Å². The summed E-state index contributed by atoms with van der Waals surface area (Å²) in [5.41, 5.74) is 1.76. The largest absolute Gasteiger partial charge is 0.434 e. The van der Waals surface area contributed by atoms with Gasteiger partial charge in [0.1, 0.15) is 5.75 Å². The lowest BCUT2D eigenvalue weighted by Crippen LogP contribution is -2.05. The third kappa shape index (κ3) is 5.13. The standard InChI is InChI=1S/C15H19F2NO3/c1-9(2)5-13(18(19)20)8-12-6-10(3)14(11(4)7-12)21-15(16)17/h6-9,15H,5H2,1-4H3. The van der Waals surface area contributed by atoms with Crippen LogP contribution in [0.2, 0.25) is 0 Å². The molecule has 0 atom stereocenters. The summed E-state index contributed by atoms with van der Waals surface area (Å²) in [6.07, 6.45) is 1.83. The maximum absolute atomic E-state index is 12.3. The molecule has 0 bridgehead atoms. The van der Waals surface area contributed by atoms with Crippen molar-refractivity contribution in [3.63, 3.8) is 0 Å². The highest BCUT2D eigenvalue weighted by molar-refractivity contribution is 5.57. The SMILES string of the molecule is Cc1cc(C=C(CC(C)C)[N+](=O)[O-])cc(C)c1OC(F)F. The second-order valence-electron chi connectivity index (χ2n) is 5.35. The van der Waals surface area contributed by atoms with E-state index in [1.54, 1.807) is 26.0 Å². The molecule has 0 saturated carbocycles. The van der Waals surface area contributed by atoms with Gasteiger partial charge in [0, 0.05) is 12.5 Å². The average molecular weight is 299 g/mol. The van der Waals surface area contributed by atoms with Crippen molar-refractivity contribution >= 4 is 6.08 Å². The number of hydrogen-bond acceptors (Lipinski definition) is 3. The maximum atomic E-state index is 12.3. The van der Waals surface area contributed by atoms with Gasteiger partial charge >= 0.3 is 6.61 Å². The first-order chi connectivity index (χ1) is 9.70. The zero-order chi connectivity index (χ0) is 16.2. The molecule has 0 spiro atoms. The van der Waals surface area contributed by atoms with Crippen molar-refractivity contribution in [2.24, 2.45) is 5.92 Å². The number of aryl methyl sites for hydroxylation is 2. The van der Waals surface area contributed by atoms with Gasteiger partial charge in [-0.05, 0) is 48.6 Å². The molecular formula is C15H19F2NO3. The fourth-order valence-electron chi connectivity index (χ4n) is 2.14. The minimum Gasteiger partial charge on any atom is -0.434 e. The van der Waals surface area contributed by atoms with E-state index < -0.39 is 11.5 Å². The predicted molar refractivity (Wildman–Crippen MR) is 77.0 cm³/mol. The Morgan fingerprint density at radius 2 is 1.86 bits per heavy atom. The first-order valence-electron chi connectivity index (χ1n) is 6.61. The van der Waals surface area contributed by atoms with Crippen LogP contribution in [0.4, 0.5) is 8.78 Å². The van der Waals surface area contributed by atoms with E-state index in [4.69, 9.17) is 0 Å². The fraction of sp³-hybridized carbons (Fsp3) is 0.467. The van der Waals surface area contributed by atoms with Crippen LogP contribution in [0.1, 0.15) is 37.0 Å². The third-order valence-electron chi connectivity index (χ3n) is 2.87. The molecule has 6 heteroatoms. The van der Waals surface area contributed by atoms with Crippen LogP contribution in [0.15, 0.2) is 17.8 Å². The highest BCUT2D eigenvalue weighted by Gasteiger charge is 2.15. The predicted octanol–water partition coefficient (Wildman–Crippen LogP) is 4.57. The highest BCUT2D eigenvalue weighted by atomic mass is 19.3. The van der Waals surface area contributed by atoms with Gasteiger partial charge in [-0.25, -0.2) is 0 Å². The second-order valence-corrected chi connectivity index (χ2v) is 5.35. The third-order valence-corrected chi connectivity index (χ3v) is 2.87. The number of allylic oxidation sites excluding steroid dienone is 1. The van der Waals surface area contributed by atoms with Crippen LogP contribution in [0, 0.1) is 29.9 Å². The summed E-state index contributed by atoms with van der Waals surface area (Å²) >= 11 is 0. The van der Waals surface area contributed by atoms with E-state index in [2.05, 4.69) is 4.74 Å². The van der Waals surface area contributed by atoms with Crippen LogP contribution in [0.25, 0.3) is 6.08 Å². The lowest BCUT2D eigenvalue weighted by Gasteiger charge is -2.12. The van der Waals surface area contributed by atoms with Gasteiger partial charge in [-0.15, -0.1) is 0 Å². The molecule has 0 N–H and O–H groups in total. The van der Waals surface area contributed by atoms with E-state index in [9.17, 15) is 18.9 Å². The van der Waals surface area contributed by atoms with E-state index in [0.29, 0.717) is 23.1 Å². The van der Waals surface area contributed by atoms with Crippen molar-refractivity contribution in [2.45, 2.75) is 40.7 Å². The number of alkyl halides is 2. The Morgan fingerprint density at radius 3 is 2.24 bits per heavy atom. The molecule has 0 saturated heterocycles. The number of benzene rings is 1. The normalized spacial score (nSPS) is 12.1. The Balaban J connectivity index is 3.17. The molecule has 21 heavy (non-hydrogen) atoms. The quantitative estimate of drug-likeness (QED) is 0.571. The molecule has 1 aromatic rings. The molecule has 0 unspecified atom stereocenters. The summed E-state index contributed by atoms with van der Waals surface area (Å²) in [4.78, 5) is 10.6. The number of hydrogen-bond donors (Lipinski definition) is 0. The van der Waals surface area contributed by atoms with E-state index in [-0.39, 0.29) is 17.4 Å². The van der Waals surface area contributed by atoms with Crippen LogP contribution in [0.5, 0.6) is 5.75 Å². The smallest absolute Gasteiger partial charge is 0.387 e. The lowest BCUT2D eigenvalue weighted by molar-refractivity contribution is -0.427. The second kappa shape index (κ2) is 7.15. The summed E-state index contributed by atoms with van der Waals surface area (Å²) in [5, 5.41) is 11.0. The van der Waals surface area contributed by atoms with E-state index in [0.717, 1.165) is 0 Å². The topological polar surface area (TPSA) is 52.4 Å². The van der Waals surface area contributed by atoms with Gasteiger partial charge in [-0.2, -0.15) is 8.78 Å². The van der Waals surface area contributed by atoms with Crippen molar-refractivity contribution < 1.29 is 18.4 Å². The van der Waals surface area contributed by atoms with Crippen molar-refractivity contribution in [3.05, 3.63) is 44.6 Å². The number of rotatable bonds is 6. The van der Waals surface area contributed by atoms with Gasteiger partial charge in [-0.1, -0.05) is 13.8 Å². The van der Waals surface area contributed by atoms with Gasteiger partial charge in [0.05, 0.1) is 4.92 Å². The van der Waals surface area contributed by atoms with Crippen LogP contribution in [-0.4, -0.2) is 11.5 Å². The summed E-state index contributed by atoms with van der Waals surface area (Å²) in [5.74, 6) is 0.277. The van der Waals surface area contributed by atoms with Crippen LogP contribution < -0.4 is 4.74 Å². The Hall–Kier alpha value is -1.98. The van der Waals surface area contributed by atoms with Crippen molar-refractivity contribution in [1.82, 2.24) is 0 Å². The Bertz CT molecular complexity index is 531. The summed E-state index contributed by atoms with van der Waals surface area (Å²) in [7, 11) is 0. The average Bonchev–Trinajstić information content (AvgIpc) is 2.32. The number of nitrogens with zero attached hydrogens (tertiary/aromatic N) is 1. The van der Waals surface area contributed by atoms with E-state index in [1.165, 1.54) is 6.08 Å². The monoisotopic (exact) mass is 299 g/mol. The van der Waals surface area contributed by atoms with Crippen LogP contribution >= 0.6 is 0 Å². The Labute approximate surface area is 122 Å². The summed E-state index contributed by atoms with van der Waals surface area (Å²) in [6.45, 7) is 4.17. The molecule has 1 rings (SSSR count). The zero-order valence-electron chi connectivity index (χ0n) is 12.5. The highest BCUT2D eigenvalue weighted by Crippen LogP contribution is 2.28. The van der Waals surface area contributed by atoms with Crippen LogP contribution in [-0.2, 0) is 0 Å². The van der Waals surface area contributed by atoms with Gasteiger partial charge in [-0.3, -0.25) is 10.1 Å². The molecule has 0 aliphatic rings. The molecule has 0 aromatic heterocycles. The molecule has 0 aliphatic heterocycles. The minimum atomic E-state index is -2.89. The molecule has 0 aliphatic carbocycles. The van der Waals surface area contributed by atoms with Gasteiger partial charge < -0.3 is 4.74 Å². The fourth-order valence-corrected chi connectivity index (χ4v) is 2.14. The van der Waals surface area contributed by atoms with Crippen LogP contribution in [0.3, 0.4) is 0 Å². The molecule has 4 nitrogen and oxygen atoms in total. The van der Waals surface area contributed by atoms with E-state index in [1.807, 2.05) is 13.8 Å². The van der Waals surface area contributed by atoms with Gasteiger partial charge in [0.25, 0.3) is 0 Å². The number of ether oxygens (including phenoxy) is 1. The lowest BCUT2D eigenvalue weighted by atomic mass is 10.0. The molecular weight excluding hydrogens is 280 g/mol. The molecule has 1 aromatic carbocycles.